The number of benzene rings is 6. The van der Waals surface area contributed by atoms with Gasteiger partial charge < -0.3 is 0 Å². The highest BCUT2D eigenvalue weighted by atomic mass is 32.1. The van der Waals surface area contributed by atoms with Crippen LogP contribution >= 0.6 is 11.3 Å². The lowest BCUT2D eigenvalue weighted by Gasteiger charge is -2.19. The van der Waals surface area contributed by atoms with Crippen LogP contribution in [0.25, 0.3) is 53.1 Å². The second-order valence-corrected chi connectivity index (χ2v) is 15.1. The van der Waals surface area contributed by atoms with Crippen molar-refractivity contribution in [3.63, 3.8) is 0 Å². The van der Waals surface area contributed by atoms with Crippen molar-refractivity contribution in [2.45, 2.75) is 6.42 Å². The molecule has 45 heavy (non-hydrogen) atoms. The van der Waals surface area contributed by atoms with Crippen LogP contribution in [0.15, 0.2) is 152 Å². The second kappa shape index (κ2) is 10.8. The Hall–Kier alpha value is -5.16. The first kappa shape index (κ1) is 26.3. The summed E-state index contributed by atoms with van der Waals surface area (Å²) in [4.78, 5) is 9.76. The zero-order valence-electron chi connectivity index (χ0n) is 24.4. The summed E-state index contributed by atoms with van der Waals surface area (Å²) in [7, 11) is -1.22. The Balaban J connectivity index is 1.30. The Morgan fingerprint density at radius 3 is 2.00 bits per heavy atom. The summed E-state index contributed by atoms with van der Waals surface area (Å²) in [6.07, 6.45) is 4.64. The SMILES string of the molecule is c1ccc([Si](c2ccccc2)c2cc3sc4ccc(Cc5ccccc5-c5ccccn5)c5c6ncccc6c(c2)c3c45)cc1. The van der Waals surface area contributed by atoms with E-state index < -0.39 is 8.80 Å². The first-order valence-electron chi connectivity index (χ1n) is 15.3. The van der Waals surface area contributed by atoms with Crippen molar-refractivity contribution in [2.24, 2.45) is 0 Å². The van der Waals surface area contributed by atoms with Gasteiger partial charge in [-0.1, -0.05) is 120 Å². The van der Waals surface area contributed by atoms with E-state index in [0.717, 1.165) is 17.6 Å². The second-order valence-electron chi connectivity index (χ2n) is 11.5. The third-order valence-electron chi connectivity index (χ3n) is 8.91. The molecule has 4 heteroatoms. The number of thiophene rings is 1. The van der Waals surface area contributed by atoms with Crippen molar-refractivity contribution in [1.29, 1.82) is 0 Å². The lowest BCUT2D eigenvalue weighted by atomic mass is 9.90. The maximum absolute atomic E-state index is 5.08. The Bertz CT molecular complexity index is 2420. The van der Waals surface area contributed by atoms with Gasteiger partial charge in [0.05, 0.1) is 11.2 Å². The van der Waals surface area contributed by atoms with Gasteiger partial charge in [-0.2, -0.15) is 0 Å². The molecule has 211 valence electrons. The number of aromatic nitrogens is 2. The summed E-state index contributed by atoms with van der Waals surface area (Å²) >= 11 is 1.92. The van der Waals surface area contributed by atoms with Crippen molar-refractivity contribution >= 4 is 77.5 Å². The quantitative estimate of drug-likeness (QED) is 0.108. The van der Waals surface area contributed by atoms with Crippen LogP contribution in [0.2, 0.25) is 0 Å². The van der Waals surface area contributed by atoms with Crippen LogP contribution < -0.4 is 15.6 Å². The van der Waals surface area contributed by atoms with E-state index in [1.165, 1.54) is 68.6 Å². The third kappa shape index (κ3) is 4.37. The fraction of sp³-hybridized carbons (Fsp3) is 0.0244. The highest BCUT2D eigenvalue weighted by molar-refractivity contribution is 7.26. The minimum Gasteiger partial charge on any atom is -0.256 e. The number of hydrogen-bond donors (Lipinski definition) is 0. The van der Waals surface area contributed by atoms with Gasteiger partial charge in [-0.15, -0.1) is 11.3 Å². The largest absolute Gasteiger partial charge is 0.256 e. The fourth-order valence-electron chi connectivity index (χ4n) is 6.99. The van der Waals surface area contributed by atoms with Gasteiger partial charge in [0.1, 0.15) is 0 Å². The van der Waals surface area contributed by atoms with Crippen LogP contribution in [0, 0.1) is 0 Å². The lowest BCUT2D eigenvalue weighted by molar-refractivity contribution is 1.20. The summed E-state index contributed by atoms with van der Waals surface area (Å²) in [5.41, 5.74) is 5.85. The van der Waals surface area contributed by atoms with E-state index in [-0.39, 0.29) is 0 Å². The highest BCUT2D eigenvalue weighted by Gasteiger charge is 2.25. The number of fused-ring (bicyclic) bond motifs is 3. The van der Waals surface area contributed by atoms with Gasteiger partial charge in [0.25, 0.3) is 0 Å². The Labute approximate surface area is 267 Å². The van der Waals surface area contributed by atoms with Gasteiger partial charge in [-0.05, 0) is 58.5 Å². The molecule has 0 aliphatic carbocycles. The average molecular weight is 608 g/mol. The Morgan fingerprint density at radius 1 is 0.489 bits per heavy atom. The molecule has 0 spiro atoms. The molecule has 2 nitrogen and oxygen atoms in total. The Kier molecular flexibility index (Phi) is 6.29. The molecule has 3 heterocycles. The molecule has 0 fully saturated rings. The lowest BCUT2D eigenvalue weighted by Crippen LogP contribution is -2.51. The van der Waals surface area contributed by atoms with E-state index in [9.17, 15) is 0 Å². The van der Waals surface area contributed by atoms with Crippen molar-refractivity contribution in [2.75, 3.05) is 0 Å². The van der Waals surface area contributed by atoms with Gasteiger partial charge in [0.15, 0.2) is 8.80 Å². The molecule has 0 bridgehead atoms. The molecule has 0 unspecified atom stereocenters. The smallest absolute Gasteiger partial charge is 0.154 e. The number of nitrogens with zero attached hydrogens (tertiary/aromatic N) is 2. The van der Waals surface area contributed by atoms with Crippen LogP contribution in [0.3, 0.4) is 0 Å². The topological polar surface area (TPSA) is 25.8 Å². The highest BCUT2D eigenvalue weighted by Crippen LogP contribution is 2.45. The molecular formula is C41H27N2SSi. The molecule has 0 saturated carbocycles. The fourth-order valence-corrected chi connectivity index (χ4v) is 10.9. The van der Waals surface area contributed by atoms with E-state index in [1.807, 2.05) is 29.8 Å². The summed E-state index contributed by atoms with van der Waals surface area (Å²) in [5.74, 6) is 0. The molecule has 0 aliphatic heterocycles. The van der Waals surface area contributed by atoms with E-state index in [1.54, 1.807) is 0 Å². The van der Waals surface area contributed by atoms with Crippen LogP contribution in [0.1, 0.15) is 11.1 Å². The number of hydrogen-bond acceptors (Lipinski definition) is 3. The van der Waals surface area contributed by atoms with Crippen LogP contribution in [0.5, 0.6) is 0 Å². The molecule has 3 aromatic heterocycles. The predicted molar refractivity (Wildman–Crippen MR) is 193 cm³/mol. The van der Waals surface area contributed by atoms with Crippen molar-refractivity contribution in [3.05, 3.63) is 163 Å². The summed E-state index contributed by atoms with van der Waals surface area (Å²) in [5, 5.41) is 10.8. The van der Waals surface area contributed by atoms with Crippen molar-refractivity contribution in [1.82, 2.24) is 9.97 Å². The molecule has 0 amide bonds. The molecule has 6 aromatic carbocycles. The van der Waals surface area contributed by atoms with Gasteiger partial charge in [0.2, 0.25) is 0 Å². The van der Waals surface area contributed by atoms with Gasteiger partial charge in [-0.25, -0.2) is 0 Å². The minimum atomic E-state index is -1.22. The molecular weight excluding hydrogens is 581 g/mol. The zero-order chi connectivity index (χ0) is 29.7. The summed E-state index contributed by atoms with van der Waals surface area (Å²) < 4.78 is 2.68. The van der Waals surface area contributed by atoms with Crippen LogP contribution in [-0.4, -0.2) is 18.8 Å². The molecule has 0 N–H and O–H groups in total. The number of pyridine rings is 2. The van der Waals surface area contributed by atoms with Gasteiger partial charge in [-0.3, -0.25) is 9.97 Å². The Morgan fingerprint density at radius 2 is 1.22 bits per heavy atom. The number of rotatable bonds is 6. The zero-order valence-corrected chi connectivity index (χ0v) is 26.3. The minimum absolute atomic E-state index is 0.813. The average Bonchev–Trinajstić information content (AvgIpc) is 3.48. The van der Waals surface area contributed by atoms with Crippen LogP contribution in [-0.2, 0) is 6.42 Å². The van der Waals surface area contributed by atoms with Crippen LogP contribution in [0.4, 0.5) is 0 Å². The molecule has 0 aliphatic rings. The van der Waals surface area contributed by atoms with Crippen molar-refractivity contribution < 1.29 is 0 Å². The normalized spacial score (nSPS) is 11.8. The first-order chi connectivity index (χ1) is 22.3. The molecule has 1 radical (unpaired) electrons. The van der Waals surface area contributed by atoms with Gasteiger partial charge in [0, 0.05) is 48.9 Å². The van der Waals surface area contributed by atoms with Gasteiger partial charge >= 0.3 is 0 Å². The molecule has 0 atom stereocenters. The van der Waals surface area contributed by atoms with E-state index in [0.29, 0.717) is 0 Å². The van der Waals surface area contributed by atoms with E-state index >= 15 is 0 Å². The maximum Gasteiger partial charge on any atom is 0.154 e. The maximum atomic E-state index is 5.08. The van der Waals surface area contributed by atoms with Crippen molar-refractivity contribution in [3.8, 4) is 11.3 Å². The monoisotopic (exact) mass is 607 g/mol. The molecule has 9 rings (SSSR count). The summed E-state index contributed by atoms with van der Waals surface area (Å²) in [6, 6.07) is 50.9. The standard InChI is InChI=1S/C41H27N2SSi/c1-3-13-29(14-4-1)45(30-15-5-2-6-16-30)31-25-34-33-18-11-23-43-41(33)38-28(20-21-36-40(38)39(34)37(26-31)44-36)24-27-12-7-8-17-32(27)35-19-9-10-22-42-35/h1-23,25-26H,24H2. The molecule has 9 aromatic rings. The first-order valence-corrected chi connectivity index (χ1v) is 17.6. The molecule has 0 saturated heterocycles. The van der Waals surface area contributed by atoms with E-state index in [4.69, 9.17) is 4.98 Å². The van der Waals surface area contributed by atoms with E-state index in [2.05, 4.69) is 138 Å². The third-order valence-corrected chi connectivity index (χ3v) is 12.7. The summed E-state index contributed by atoms with van der Waals surface area (Å²) in [6.45, 7) is 0. The predicted octanol–water partition coefficient (Wildman–Crippen LogP) is 8.36.